The summed E-state index contributed by atoms with van der Waals surface area (Å²) >= 11 is 0. The van der Waals surface area contributed by atoms with Crippen LogP contribution in [0.15, 0.2) is 0 Å². The van der Waals surface area contributed by atoms with Gasteiger partial charge in [0.05, 0.1) is 26.4 Å². The summed E-state index contributed by atoms with van der Waals surface area (Å²) in [5, 5.41) is 10.5. The number of ether oxygens (including phenoxy) is 4. The van der Waals surface area contributed by atoms with Crippen LogP contribution in [0.5, 0.6) is 0 Å². The lowest BCUT2D eigenvalue weighted by molar-refractivity contribution is -0.161. The molecule has 0 spiro atoms. The second-order valence-corrected chi connectivity index (χ2v) is 28.1. The fourth-order valence-electron chi connectivity index (χ4n) is 10.1. The van der Waals surface area contributed by atoms with Gasteiger partial charge < -0.3 is 33.8 Å². The summed E-state index contributed by atoms with van der Waals surface area (Å²) in [6.45, 7) is 9.44. The highest BCUT2D eigenvalue weighted by Crippen LogP contribution is 2.45. The summed E-state index contributed by atoms with van der Waals surface area (Å²) in [7, 11) is -9.89. The van der Waals surface area contributed by atoms with E-state index in [1.54, 1.807) is 0 Å². The molecule has 510 valence electrons. The number of carbonyl (C=O) groups excluding carboxylic acids is 4. The van der Waals surface area contributed by atoms with Crippen molar-refractivity contribution in [2.24, 2.45) is 11.8 Å². The minimum absolute atomic E-state index is 0.105. The van der Waals surface area contributed by atoms with Gasteiger partial charge >= 0.3 is 39.5 Å². The van der Waals surface area contributed by atoms with Crippen LogP contribution in [0.25, 0.3) is 0 Å². The topological polar surface area (TPSA) is 237 Å². The van der Waals surface area contributed by atoms with Gasteiger partial charge in [-0.3, -0.25) is 37.3 Å². The monoisotopic (exact) mass is 1270 g/mol. The highest BCUT2D eigenvalue weighted by atomic mass is 31.2. The van der Waals surface area contributed by atoms with E-state index in [1.807, 2.05) is 0 Å². The summed E-state index contributed by atoms with van der Waals surface area (Å²) in [6, 6.07) is 0. The molecule has 19 heteroatoms. The molecule has 17 nitrogen and oxygen atoms in total. The van der Waals surface area contributed by atoms with Crippen LogP contribution < -0.4 is 0 Å². The molecule has 0 aromatic rings. The fraction of sp³-hybridized carbons (Fsp3) is 0.940. The molecule has 0 heterocycles. The Labute approximate surface area is 524 Å². The van der Waals surface area contributed by atoms with Crippen LogP contribution >= 0.6 is 15.6 Å². The average Bonchev–Trinajstić information content (AvgIpc) is 3.56. The molecule has 2 unspecified atom stereocenters. The maximum Gasteiger partial charge on any atom is 0.472 e. The molecule has 0 aliphatic rings. The van der Waals surface area contributed by atoms with Crippen LogP contribution in [0.1, 0.15) is 337 Å². The van der Waals surface area contributed by atoms with E-state index < -0.39 is 97.5 Å². The number of aliphatic hydroxyl groups is 1. The lowest BCUT2D eigenvalue weighted by Gasteiger charge is -2.21. The van der Waals surface area contributed by atoms with Gasteiger partial charge in [0.15, 0.2) is 12.2 Å². The van der Waals surface area contributed by atoms with Crippen molar-refractivity contribution >= 4 is 39.5 Å². The smallest absolute Gasteiger partial charge is 0.462 e. The quantitative estimate of drug-likeness (QED) is 0.0222. The van der Waals surface area contributed by atoms with E-state index in [0.29, 0.717) is 31.6 Å². The molecule has 0 aliphatic carbocycles. The lowest BCUT2D eigenvalue weighted by atomic mass is 10.0. The van der Waals surface area contributed by atoms with E-state index in [0.717, 1.165) is 102 Å². The zero-order valence-electron chi connectivity index (χ0n) is 55.6. The van der Waals surface area contributed by atoms with Crippen molar-refractivity contribution in [2.45, 2.75) is 355 Å². The molecule has 0 amide bonds. The Kier molecular flexibility index (Phi) is 58.0. The van der Waals surface area contributed by atoms with E-state index >= 15 is 0 Å². The minimum atomic E-state index is -4.95. The normalized spacial score (nSPS) is 14.2. The maximum atomic E-state index is 13.0. The van der Waals surface area contributed by atoms with E-state index in [4.69, 9.17) is 37.0 Å². The van der Waals surface area contributed by atoms with Crippen molar-refractivity contribution in [1.29, 1.82) is 0 Å². The Hall–Kier alpha value is -1.94. The molecule has 0 aromatic carbocycles. The average molecular weight is 1270 g/mol. The first-order valence-electron chi connectivity index (χ1n) is 35.0. The van der Waals surface area contributed by atoms with Gasteiger partial charge in [-0.15, -0.1) is 0 Å². The predicted octanol–water partition coefficient (Wildman–Crippen LogP) is 18.8. The molecular formula is C67H130O17P2. The van der Waals surface area contributed by atoms with Gasteiger partial charge in [-0.2, -0.15) is 0 Å². The second-order valence-electron chi connectivity index (χ2n) is 25.2. The van der Waals surface area contributed by atoms with Crippen LogP contribution in [-0.2, 0) is 65.4 Å². The molecule has 0 saturated heterocycles. The Morgan fingerprint density at radius 2 is 0.535 bits per heavy atom. The number of phosphoric acid groups is 2. The molecule has 0 rings (SSSR count). The van der Waals surface area contributed by atoms with E-state index in [2.05, 4.69) is 41.5 Å². The largest absolute Gasteiger partial charge is 0.472 e. The van der Waals surface area contributed by atoms with E-state index in [-0.39, 0.29) is 25.7 Å². The first-order chi connectivity index (χ1) is 41.4. The van der Waals surface area contributed by atoms with Crippen LogP contribution in [0.4, 0.5) is 0 Å². The van der Waals surface area contributed by atoms with E-state index in [1.165, 1.54) is 148 Å². The van der Waals surface area contributed by atoms with Crippen molar-refractivity contribution in [3.05, 3.63) is 0 Å². The number of carbonyl (C=O) groups is 4. The van der Waals surface area contributed by atoms with Crippen LogP contribution in [-0.4, -0.2) is 96.7 Å². The molecule has 0 aromatic heterocycles. The molecule has 0 saturated carbocycles. The number of hydrogen-bond acceptors (Lipinski definition) is 15. The minimum Gasteiger partial charge on any atom is -0.462 e. The molecule has 0 fully saturated rings. The first kappa shape index (κ1) is 84.1. The van der Waals surface area contributed by atoms with Crippen LogP contribution in [0.3, 0.4) is 0 Å². The molecule has 5 atom stereocenters. The number of phosphoric ester groups is 2. The number of aliphatic hydroxyl groups excluding tert-OH is 1. The van der Waals surface area contributed by atoms with Crippen LogP contribution in [0.2, 0.25) is 0 Å². The summed E-state index contributed by atoms with van der Waals surface area (Å²) in [5.74, 6) is -0.656. The summed E-state index contributed by atoms with van der Waals surface area (Å²) < 4.78 is 68.1. The highest BCUT2D eigenvalue weighted by molar-refractivity contribution is 7.47. The number of esters is 4. The Morgan fingerprint density at radius 3 is 0.791 bits per heavy atom. The predicted molar refractivity (Wildman–Crippen MR) is 345 cm³/mol. The summed E-state index contributed by atoms with van der Waals surface area (Å²) in [6.07, 6.45) is 43.2. The molecule has 86 heavy (non-hydrogen) atoms. The SMILES string of the molecule is CCCCCCCCCCCCC(=O)OC[C@H](COP(=O)(O)OC[C@@H](O)COP(=O)(O)OC[C@@H](COC(=O)CCCCCCCCC(C)C)OC(=O)CCCCCCCCCCCC)OC(=O)CCCCCCCCCCCCCCCCC(C)C. The second kappa shape index (κ2) is 59.4. The van der Waals surface area contributed by atoms with Crippen molar-refractivity contribution in [2.75, 3.05) is 39.6 Å². The van der Waals surface area contributed by atoms with Crippen molar-refractivity contribution < 1.29 is 80.2 Å². The van der Waals surface area contributed by atoms with Gasteiger partial charge in [0.1, 0.15) is 19.3 Å². The van der Waals surface area contributed by atoms with Gasteiger partial charge in [-0.25, -0.2) is 9.13 Å². The van der Waals surface area contributed by atoms with Gasteiger partial charge in [0, 0.05) is 25.7 Å². The Balaban J connectivity index is 5.20. The van der Waals surface area contributed by atoms with Gasteiger partial charge in [-0.05, 0) is 37.5 Å². The molecular weight excluding hydrogens is 1140 g/mol. The molecule has 0 bridgehead atoms. The third kappa shape index (κ3) is 60.9. The molecule has 0 radical (unpaired) electrons. The fourth-order valence-corrected chi connectivity index (χ4v) is 11.6. The van der Waals surface area contributed by atoms with Crippen LogP contribution in [0, 0.1) is 11.8 Å². The number of hydrogen-bond donors (Lipinski definition) is 3. The Bertz CT molecular complexity index is 1680. The summed E-state index contributed by atoms with van der Waals surface area (Å²) in [5.41, 5.74) is 0. The third-order valence-electron chi connectivity index (χ3n) is 15.5. The van der Waals surface area contributed by atoms with E-state index in [9.17, 15) is 43.2 Å². The third-order valence-corrected chi connectivity index (χ3v) is 17.4. The first-order valence-corrected chi connectivity index (χ1v) is 38.0. The highest BCUT2D eigenvalue weighted by Gasteiger charge is 2.30. The number of unbranched alkanes of at least 4 members (excludes halogenated alkanes) is 36. The lowest BCUT2D eigenvalue weighted by Crippen LogP contribution is -2.30. The Morgan fingerprint density at radius 1 is 0.314 bits per heavy atom. The zero-order chi connectivity index (χ0) is 63.6. The van der Waals surface area contributed by atoms with Crippen molar-refractivity contribution in [3.63, 3.8) is 0 Å². The van der Waals surface area contributed by atoms with Gasteiger partial charge in [0.25, 0.3) is 0 Å². The van der Waals surface area contributed by atoms with Crippen molar-refractivity contribution in [3.8, 4) is 0 Å². The standard InChI is InChI=1S/C67H130O17P2/c1-7-9-11-13-15-17-26-30-37-43-49-64(69)77-55-62(83-67(72)52-46-40-32-28-24-22-20-19-21-23-25-29-35-41-47-59(3)4)57-81-85(73,74)79-53-61(68)54-80-86(75,76)82-58-63(56-78-65(70)50-44-38-34-33-36-42-48-60(5)6)84-66(71)51-45-39-31-27-18-16-14-12-10-8-2/h59-63,68H,7-58H2,1-6H3,(H,73,74)(H,75,76)/t61-,62-,63-/m1/s1. The summed E-state index contributed by atoms with van der Waals surface area (Å²) in [4.78, 5) is 72.3. The van der Waals surface area contributed by atoms with Crippen molar-refractivity contribution in [1.82, 2.24) is 0 Å². The number of rotatable bonds is 66. The maximum absolute atomic E-state index is 13.0. The molecule has 3 N–H and O–H groups in total. The van der Waals surface area contributed by atoms with Gasteiger partial charge in [0.2, 0.25) is 0 Å². The van der Waals surface area contributed by atoms with Gasteiger partial charge in [-0.1, -0.05) is 286 Å². The molecule has 0 aliphatic heterocycles. The zero-order valence-corrected chi connectivity index (χ0v) is 57.4.